The fourth-order valence-electron chi connectivity index (χ4n) is 1.89. The topological polar surface area (TPSA) is 40.5 Å². The molecule has 0 aromatic heterocycles. The molecule has 2 aliphatic rings. The van der Waals surface area contributed by atoms with Gasteiger partial charge in [0.25, 0.3) is 0 Å². The molecule has 0 radical (unpaired) electrons. The Bertz CT molecular complexity index is 298. The molecule has 0 saturated carbocycles. The zero-order valence-corrected chi connectivity index (χ0v) is 6.98. The molecule has 0 aromatic carbocycles. The first-order valence-electron chi connectivity index (χ1n) is 4.20. The van der Waals surface area contributed by atoms with Gasteiger partial charge in [-0.2, -0.15) is 0 Å². The van der Waals surface area contributed by atoms with Crippen molar-refractivity contribution in [2.75, 3.05) is 13.1 Å². The van der Waals surface area contributed by atoms with E-state index in [0.29, 0.717) is 6.54 Å². The molecule has 1 N–H and O–H groups in total. The van der Waals surface area contributed by atoms with Crippen LogP contribution in [0.4, 0.5) is 9.18 Å². The standard InChI is InChI=1S/C9H10FNO2/c10-8-3-1-2-6-4-11(9(12)13)5-7(6)8/h1-3,6-7H,4-5H2,(H,12,13). The highest BCUT2D eigenvalue weighted by Crippen LogP contribution is 2.33. The SMILES string of the molecule is O=C(O)N1CC2C=CC=C(F)C2C1. The third kappa shape index (κ3) is 1.32. The molecule has 1 heterocycles. The van der Waals surface area contributed by atoms with Gasteiger partial charge >= 0.3 is 6.09 Å². The molecule has 1 aliphatic heterocycles. The molecule has 1 saturated heterocycles. The van der Waals surface area contributed by atoms with Gasteiger partial charge in [0.05, 0.1) is 0 Å². The van der Waals surface area contributed by atoms with Gasteiger partial charge in [-0.15, -0.1) is 0 Å². The summed E-state index contributed by atoms with van der Waals surface area (Å²) in [5.41, 5.74) is 0. The summed E-state index contributed by atoms with van der Waals surface area (Å²) in [7, 11) is 0. The smallest absolute Gasteiger partial charge is 0.407 e. The zero-order chi connectivity index (χ0) is 9.42. The Morgan fingerprint density at radius 3 is 3.00 bits per heavy atom. The van der Waals surface area contributed by atoms with Crippen LogP contribution in [-0.4, -0.2) is 29.2 Å². The zero-order valence-electron chi connectivity index (χ0n) is 6.98. The number of fused-ring (bicyclic) bond motifs is 1. The summed E-state index contributed by atoms with van der Waals surface area (Å²) in [5.74, 6) is -0.418. The minimum atomic E-state index is -0.962. The highest BCUT2D eigenvalue weighted by Gasteiger charge is 2.37. The van der Waals surface area contributed by atoms with Gasteiger partial charge in [0, 0.05) is 24.9 Å². The summed E-state index contributed by atoms with van der Waals surface area (Å²) < 4.78 is 13.2. The lowest BCUT2D eigenvalue weighted by molar-refractivity contribution is 0.154. The fraction of sp³-hybridized carbons (Fsp3) is 0.444. The molecular formula is C9H10FNO2. The van der Waals surface area contributed by atoms with Crippen molar-refractivity contribution in [1.82, 2.24) is 4.90 Å². The van der Waals surface area contributed by atoms with Crippen molar-refractivity contribution in [3.05, 3.63) is 24.1 Å². The molecule has 2 unspecified atom stereocenters. The molecule has 1 amide bonds. The number of allylic oxidation sites excluding steroid dienone is 2. The summed E-state index contributed by atoms with van der Waals surface area (Å²) in [4.78, 5) is 11.9. The molecule has 0 aromatic rings. The van der Waals surface area contributed by atoms with E-state index < -0.39 is 6.09 Å². The van der Waals surface area contributed by atoms with E-state index in [2.05, 4.69) is 0 Å². The van der Waals surface area contributed by atoms with E-state index in [1.165, 1.54) is 11.0 Å². The number of likely N-dealkylation sites (tertiary alicyclic amines) is 1. The predicted octanol–water partition coefficient (Wildman–Crippen LogP) is 1.64. The van der Waals surface area contributed by atoms with Gasteiger partial charge in [-0.25, -0.2) is 9.18 Å². The van der Waals surface area contributed by atoms with E-state index in [0.717, 1.165) is 0 Å². The molecule has 1 fully saturated rings. The first-order valence-corrected chi connectivity index (χ1v) is 4.20. The number of halogens is 1. The van der Waals surface area contributed by atoms with Gasteiger partial charge in [0.2, 0.25) is 0 Å². The largest absolute Gasteiger partial charge is 0.465 e. The Hall–Kier alpha value is -1.32. The summed E-state index contributed by atoms with van der Waals surface area (Å²) in [5, 5.41) is 8.71. The minimum Gasteiger partial charge on any atom is -0.465 e. The Balaban J connectivity index is 2.16. The van der Waals surface area contributed by atoms with Crippen molar-refractivity contribution in [3.8, 4) is 0 Å². The van der Waals surface area contributed by atoms with Gasteiger partial charge in [-0.05, 0) is 6.08 Å². The van der Waals surface area contributed by atoms with Crippen LogP contribution in [0.1, 0.15) is 0 Å². The van der Waals surface area contributed by atoms with Crippen molar-refractivity contribution >= 4 is 6.09 Å². The van der Waals surface area contributed by atoms with Gasteiger partial charge in [-0.3, -0.25) is 0 Å². The predicted molar refractivity (Wildman–Crippen MR) is 44.9 cm³/mol. The van der Waals surface area contributed by atoms with Crippen LogP contribution < -0.4 is 0 Å². The first kappa shape index (κ1) is 8.29. The number of carboxylic acid groups (broad SMARTS) is 1. The van der Waals surface area contributed by atoms with E-state index in [9.17, 15) is 9.18 Å². The number of rotatable bonds is 0. The summed E-state index contributed by atoms with van der Waals surface area (Å²) >= 11 is 0. The van der Waals surface area contributed by atoms with Gasteiger partial charge in [-0.1, -0.05) is 12.2 Å². The van der Waals surface area contributed by atoms with Crippen LogP contribution in [0.25, 0.3) is 0 Å². The maximum absolute atomic E-state index is 13.2. The highest BCUT2D eigenvalue weighted by atomic mass is 19.1. The third-order valence-corrected chi connectivity index (χ3v) is 2.60. The molecule has 0 bridgehead atoms. The lowest BCUT2D eigenvalue weighted by Crippen LogP contribution is -2.26. The van der Waals surface area contributed by atoms with E-state index >= 15 is 0 Å². The average Bonchev–Trinajstić information content (AvgIpc) is 2.49. The second-order valence-electron chi connectivity index (χ2n) is 3.39. The van der Waals surface area contributed by atoms with Crippen molar-refractivity contribution in [2.45, 2.75) is 0 Å². The Morgan fingerprint density at radius 1 is 1.62 bits per heavy atom. The molecule has 4 heteroatoms. The molecule has 70 valence electrons. The van der Waals surface area contributed by atoms with Crippen molar-refractivity contribution in [2.24, 2.45) is 11.8 Å². The first-order chi connectivity index (χ1) is 6.18. The van der Waals surface area contributed by atoms with E-state index in [1.807, 2.05) is 6.08 Å². The molecule has 2 rings (SSSR count). The molecule has 13 heavy (non-hydrogen) atoms. The number of nitrogens with zero attached hydrogens (tertiary/aromatic N) is 1. The van der Waals surface area contributed by atoms with Crippen LogP contribution in [0.3, 0.4) is 0 Å². The van der Waals surface area contributed by atoms with E-state index in [-0.39, 0.29) is 24.2 Å². The molecule has 1 aliphatic carbocycles. The Labute approximate surface area is 75.1 Å². The van der Waals surface area contributed by atoms with Crippen LogP contribution in [0.2, 0.25) is 0 Å². The number of hydrogen-bond acceptors (Lipinski definition) is 1. The van der Waals surface area contributed by atoms with Gasteiger partial charge < -0.3 is 10.0 Å². The fourth-order valence-corrected chi connectivity index (χ4v) is 1.89. The Morgan fingerprint density at radius 2 is 2.38 bits per heavy atom. The summed E-state index contributed by atoms with van der Waals surface area (Å²) in [6, 6.07) is 0. The number of hydrogen-bond donors (Lipinski definition) is 1. The molecular weight excluding hydrogens is 173 g/mol. The molecule has 3 nitrogen and oxygen atoms in total. The van der Waals surface area contributed by atoms with E-state index in [4.69, 9.17) is 5.11 Å². The van der Waals surface area contributed by atoms with Crippen molar-refractivity contribution in [3.63, 3.8) is 0 Å². The van der Waals surface area contributed by atoms with Gasteiger partial charge in [0.15, 0.2) is 0 Å². The van der Waals surface area contributed by atoms with Gasteiger partial charge in [0.1, 0.15) is 5.83 Å². The van der Waals surface area contributed by atoms with Crippen LogP contribution >= 0.6 is 0 Å². The highest BCUT2D eigenvalue weighted by molar-refractivity contribution is 5.65. The van der Waals surface area contributed by atoms with Crippen molar-refractivity contribution < 1.29 is 14.3 Å². The average molecular weight is 183 g/mol. The minimum absolute atomic E-state index is 0.0288. The van der Waals surface area contributed by atoms with Crippen molar-refractivity contribution in [1.29, 1.82) is 0 Å². The summed E-state index contributed by atoms with van der Waals surface area (Å²) in [6.45, 7) is 0.699. The number of carbonyl (C=O) groups is 1. The van der Waals surface area contributed by atoms with Crippen LogP contribution in [0.15, 0.2) is 24.1 Å². The monoisotopic (exact) mass is 183 g/mol. The van der Waals surface area contributed by atoms with Crippen LogP contribution in [-0.2, 0) is 0 Å². The maximum atomic E-state index is 13.2. The molecule has 0 spiro atoms. The maximum Gasteiger partial charge on any atom is 0.407 e. The second kappa shape index (κ2) is 2.87. The molecule has 2 atom stereocenters. The lowest BCUT2D eigenvalue weighted by atomic mass is 9.91. The third-order valence-electron chi connectivity index (χ3n) is 2.60. The van der Waals surface area contributed by atoms with Crippen LogP contribution in [0, 0.1) is 11.8 Å². The Kier molecular flexibility index (Phi) is 1.83. The lowest BCUT2D eigenvalue weighted by Gasteiger charge is -2.14. The quantitative estimate of drug-likeness (QED) is 0.620. The second-order valence-corrected chi connectivity index (χ2v) is 3.39. The number of amides is 1. The summed E-state index contributed by atoms with van der Waals surface area (Å²) in [6.07, 6.45) is 3.97. The van der Waals surface area contributed by atoms with E-state index in [1.54, 1.807) is 6.08 Å². The normalized spacial score (nSPS) is 31.5. The van der Waals surface area contributed by atoms with Crippen LogP contribution in [0.5, 0.6) is 0 Å².